The van der Waals surface area contributed by atoms with E-state index in [-0.39, 0.29) is 36.4 Å². The summed E-state index contributed by atoms with van der Waals surface area (Å²) >= 11 is 2.02. The number of guanidine groups is 1. The number of benzene rings is 1. The fourth-order valence-electron chi connectivity index (χ4n) is 2.38. The number of carbonyl (C=O) groups excluding carboxylic acids is 1. The molecule has 2 rings (SSSR count). The number of anilines is 1. The number of nitrogens with zero attached hydrogens (tertiary/aromatic N) is 2. The summed E-state index contributed by atoms with van der Waals surface area (Å²) in [6.07, 6.45) is 1.16. The maximum absolute atomic E-state index is 12.0. The Morgan fingerprint density at radius 3 is 2.78 bits per heavy atom. The van der Waals surface area contributed by atoms with Gasteiger partial charge in [-0.1, -0.05) is 25.1 Å². The quantitative estimate of drug-likeness (QED) is 0.423. The van der Waals surface area contributed by atoms with Gasteiger partial charge in [-0.25, -0.2) is 0 Å². The highest BCUT2D eigenvalue weighted by Crippen LogP contribution is 2.20. The molecule has 5 nitrogen and oxygen atoms in total. The molecule has 0 radical (unpaired) electrons. The van der Waals surface area contributed by atoms with Crippen LogP contribution in [0, 0.1) is 0 Å². The van der Waals surface area contributed by atoms with Crippen LogP contribution >= 0.6 is 35.7 Å². The van der Waals surface area contributed by atoms with Crippen LogP contribution in [0.15, 0.2) is 35.3 Å². The second-order valence-corrected chi connectivity index (χ2v) is 6.57. The molecule has 0 aromatic heterocycles. The van der Waals surface area contributed by atoms with E-state index in [2.05, 4.69) is 27.4 Å². The zero-order chi connectivity index (χ0) is 15.8. The molecule has 0 spiro atoms. The third kappa shape index (κ3) is 6.58. The molecule has 0 aliphatic carbocycles. The van der Waals surface area contributed by atoms with Crippen LogP contribution in [0.2, 0.25) is 0 Å². The molecular weight excluding hydrogens is 423 g/mol. The first-order valence-corrected chi connectivity index (χ1v) is 8.70. The second kappa shape index (κ2) is 10.7. The average Bonchev–Trinajstić information content (AvgIpc) is 2.56. The van der Waals surface area contributed by atoms with Gasteiger partial charge in [0.25, 0.3) is 0 Å². The van der Waals surface area contributed by atoms with Crippen molar-refractivity contribution in [3.63, 3.8) is 0 Å². The summed E-state index contributed by atoms with van der Waals surface area (Å²) in [5.74, 6) is 1.85. The lowest BCUT2D eigenvalue weighted by Gasteiger charge is -2.34. The van der Waals surface area contributed by atoms with Crippen LogP contribution in [-0.2, 0) is 4.79 Å². The van der Waals surface area contributed by atoms with Crippen LogP contribution in [0.4, 0.5) is 5.69 Å². The molecule has 1 heterocycles. The summed E-state index contributed by atoms with van der Waals surface area (Å²) in [7, 11) is 1.76. The molecule has 1 aliphatic heterocycles. The van der Waals surface area contributed by atoms with Crippen LogP contribution in [0.25, 0.3) is 0 Å². The largest absolute Gasteiger partial charge is 0.347 e. The smallest absolute Gasteiger partial charge is 0.243 e. The number of nitrogens with one attached hydrogen (secondary N) is 2. The highest BCUT2D eigenvalue weighted by Gasteiger charge is 2.21. The lowest BCUT2D eigenvalue weighted by molar-refractivity contribution is -0.115. The Kier molecular flexibility index (Phi) is 9.39. The number of aliphatic imine (C=N–C) groups is 1. The van der Waals surface area contributed by atoms with E-state index in [4.69, 9.17) is 0 Å². The van der Waals surface area contributed by atoms with Crippen LogP contribution in [0.1, 0.15) is 13.3 Å². The number of hydrogen-bond acceptors (Lipinski definition) is 3. The third-order valence-electron chi connectivity index (χ3n) is 3.57. The number of hydrogen-bond donors (Lipinski definition) is 2. The maximum Gasteiger partial charge on any atom is 0.243 e. The second-order valence-electron chi connectivity index (χ2n) is 5.16. The molecule has 7 heteroatoms. The minimum Gasteiger partial charge on any atom is -0.347 e. The molecule has 0 saturated carbocycles. The van der Waals surface area contributed by atoms with Gasteiger partial charge >= 0.3 is 0 Å². The van der Waals surface area contributed by atoms with Crippen molar-refractivity contribution >= 4 is 53.3 Å². The number of thioether (sulfide) groups is 1. The number of para-hydroxylation sites is 1. The van der Waals surface area contributed by atoms with E-state index in [1.807, 2.05) is 42.1 Å². The Hall–Kier alpha value is -0.960. The fourth-order valence-corrected chi connectivity index (χ4v) is 3.56. The summed E-state index contributed by atoms with van der Waals surface area (Å²) in [5, 5.41) is 6.67. The van der Waals surface area contributed by atoms with Gasteiger partial charge in [-0.3, -0.25) is 9.79 Å². The Morgan fingerprint density at radius 1 is 1.39 bits per heavy atom. The minimum atomic E-state index is -0.0641. The maximum atomic E-state index is 12.0. The molecular formula is C16H25IN4OS. The predicted molar refractivity (Wildman–Crippen MR) is 110 cm³/mol. The van der Waals surface area contributed by atoms with Gasteiger partial charge < -0.3 is 15.5 Å². The lowest BCUT2D eigenvalue weighted by atomic mass is 10.3. The van der Waals surface area contributed by atoms with E-state index >= 15 is 0 Å². The summed E-state index contributed by atoms with van der Waals surface area (Å²) in [5.41, 5.74) is 0.810. The van der Waals surface area contributed by atoms with Crippen molar-refractivity contribution in [3.8, 4) is 0 Å². The van der Waals surface area contributed by atoms with E-state index in [1.54, 1.807) is 7.05 Å². The lowest BCUT2D eigenvalue weighted by Crippen LogP contribution is -2.49. The van der Waals surface area contributed by atoms with E-state index in [9.17, 15) is 4.79 Å². The van der Waals surface area contributed by atoms with E-state index in [0.29, 0.717) is 5.25 Å². The van der Waals surface area contributed by atoms with Crippen molar-refractivity contribution in [1.82, 2.24) is 10.2 Å². The van der Waals surface area contributed by atoms with Crippen LogP contribution in [-0.4, -0.2) is 54.5 Å². The van der Waals surface area contributed by atoms with Crippen molar-refractivity contribution in [1.29, 1.82) is 0 Å². The van der Waals surface area contributed by atoms with Crippen molar-refractivity contribution in [2.75, 3.05) is 37.8 Å². The molecule has 0 bridgehead atoms. The first kappa shape index (κ1) is 20.1. The summed E-state index contributed by atoms with van der Waals surface area (Å²) < 4.78 is 0. The molecule has 1 fully saturated rings. The van der Waals surface area contributed by atoms with Crippen molar-refractivity contribution in [2.45, 2.75) is 18.6 Å². The molecule has 1 aromatic carbocycles. The zero-order valence-corrected chi connectivity index (χ0v) is 16.8. The van der Waals surface area contributed by atoms with Crippen LogP contribution < -0.4 is 10.6 Å². The number of halogens is 1. The summed E-state index contributed by atoms with van der Waals surface area (Å²) in [6.45, 7) is 4.40. The van der Waals surface area contributed by atoms with Crippen molar-refractivity contribution in [2.24, 2.45) is 4.99 Å². The van der Waals surface area contributed by atoms with Gasteiger partial charge in [0, 0.05) is 36.8 Å². The van der Waals surface area contributed by atoms with Gasteiger partial charge in [0.2, 0.25) is 5.91 Å². The molecule has 1 amide bonds. The van der Waals surface area contributed by atoms with Gasteiger partial charge in [0.05, 0.1) is 6.54 Å². The molecule has 2 N–H and O–H groups in total. The minimum absolute atomic E-state index is 0. The standard InChI is InChI=1S/C16H24N4OS.HI/c1-3-14-12-20(9-10-22-14)16(17-2)18-11-15(21)19-13-7-5-4-6-8-13;/h4-8,14H,3,9-12H2,1-2H3,(H,17,18)(H,19,21);1H. The molecule has 23 heavy (non-hydrogen) atoms. The fraction of sp³-hybridized carbons (Fsp3) is 0.500. The monoisotopic (exact) mass is 448 g/mol. The SMILES string of the molecule is CCC1CN(C(=NC)NCC(=O)Nc2ccccc2)CCS1.I. The Bertz CT molecular complexity index is 512. The Labute approximate surface area is 159 Å². The third-order valence-corrected chi connectivity index (χ3v) is 4.94. The Morgan fingerprint density at radius 2 is 2.13 bits per heavy atom. The van der Waals surface area contributed by atoms with Gasteiger partial charge in [-0.15, -0.1) is 24.0 Å². The zero-order valence-electron chi connectivity index (χ0n) is 13.6. The van der Waals surface area contributed by atoms with Crippen molar-refractivity contribution < 1.29 is 4.79 Å². The predicted octanol–water partition coefficient (Wildman–Crippen LogP) is 2.65. The van der Waals surface area contributed by atoms with E-state index < -0.39 is 0 Å². The first-order valence-electron chi connectivity index (χ1n) is 7.65. The molecule has 1 saturated heterocycles. The highest BCUT2D eigenvalue weighted by atomic mass is 127. The number of amides is 1. The highest BCUT2D eigenvalue weighted by molar-refractivity contribution is 14.0. The molecule has 1 aliphatic rings. The van der Waals surface area contributed by atoms with Crippen molar-refractivity contribution in [3.05, 3.63) is 30.3 Å². The molecule has 1 unspecified atom stereocenters. The first-order chi connectivity index (χ1) is 10.7. The van der Waals surface area contributed by atoms with Crippen LogP contribution in [0.3, 0.4) is 0 Å². The molecule has 1 atom stereocenters. The average molecular weight is 448 g/mol. The van der Waals surface area contributed by atoms with E-state index in [1.165, 1.54) is 0 Å². The number of carbonyl (C=O) groups is 1. The molecule has 128 valence electrons. The van der Waals surface area contributed by atoms with Gasteiger partial charge in [-0.05, 0) is 18.6 Å². The van der Waals surface area contributed by atoms with Gasteiger partial charge in [0.15, 0.2) is 5.96 Å². The number of rotatable bonds is 4. The van der Waals surface area contributed by atoms with Crippen LogP contribution in [0.5, 0.6) is 0 Å². The summed E-state index contributed by atoms with van der Waals surface area (Å²) in [6, 6.07) is 9.48. The van der Waals surface area contributed by atoms with E-state index in [0.717, 1.165) is 36.9 Å². The topological polar surface area (TPSA) is 56.7 Å². The van der Waals surface area contributed by atoms with Gasteiger partial charge in [0.1, 0.15) is 0 Å². The Balaban J connectivity index is 0.00000264. The molecule has 1 aromatic rings. The van der Waals surface area contributed by atoms with Gasteiger partial charge in [-0.2, -0.15) is 11.8 Å². The normalized spacial score (nSPS) is 18.1. The summed E-state index contributed by atoms with van der Waals surface area (Å²) in [4.78, 5) is 18.5.